The van der Waals surface area contributed by atoms with Gasteiger partial charge in [0.15, 0.2) is 0 Å². The van der Waals surface area contributed by atoms with Crippen LogP contribution in [0.3, 0.4) is 0 Å². The first-order valence-electron chi connectivity index (χ1n) is 7.31. The van der Waals surface area contributed by atoms with Gasteiger partial charge < -0.3 is 14.7 Å². The highest BCUT2D eigenvalue weighted by molar-refractivity contribution is 5.81. The van der Waals surface area contributed by atoms with Crippen molar-refractivity contribution in [3.05, 3.63) is 0 Å². The van der Waals surface area contributed by atoms with Crippen LogP contribution in [-0.4, -0.2) is 47.2 Å². The maximum Gasteiger partial charge on any atom is 0.306 e. The van der Waals surface area contributed by atoms with Gasteiger partial charge in [0.05, 0.1) is 24.7 Å². The lowest BCUT2D eigenvalue weighted by atomic mass is 10.0. The Morgan fingerprint density at radius 1 is 1.11 bits per heavy atom. The van der Waals surface area contributed by atoms with Gasteiger partial charge in [-0.05, 0) is 38.5 Å². The van der Waals surface area contributed by atoms with Crippen LogP contribution < -0.4 is 0 Å². The van der Waals surface area contributed by atoms with Crippen molar-refractivity contribution < 1.29 is 19.4 Å². The lowest BCUT2D eigenvalue weighted by molar-refractivity contribution is -0.148. The van der Waals surface area contributed by atoms with E-state index in [1.807, 2.05) is 4.90 Å². The molecule has 3 fully saturated rings. The smallest absolute Gasteiger partial charge is 0.306 e. The van der Waals surface area contributed by atoms with Crippen molar-refractivity contribution in [2.45, 2.75) is 50.7 Å². The standard InChI is InChI=1S/C14H21NO4/c16-13(9-4-5-10(8-9)14(17)18)15-6-7-19-12-3-1-2-11(12)15/h9-12H,1-8H2,(H,17,18). The Kier molecular flexibility index (Phi) is 3.48. The van der Waals surface area contributed by atoms with Crippen LogP contribution in [0.4, 0.5) is 0 Å². The molecule has 0 aromatic heterocycles. The highest BCUT2D eigenvalue weighted by Gasteiger charge is 2.42. The van der Waals surface area contributed by atoms with Crippen LogP contribution in [0.2, 0.25) is 0 Å². The minimum atomic E-state index is -0.754. The molecule has 106 valence electrons. The van der Waals surface area contributed by atoms with E-state index >= 15 is 0 Å². The average molecular weight is 267 g/mol. The molecule has 19 heavy (non-hydrogen) atoms. The number of fused-ring (bicyclic) bond motifs is 1. The number of carbonyl (C=O) groups excluding carboxylic acids is 1. The molecule has 3 aliphatic rings. The molecule has 1 amide bonds. The Hall–Kier alpha value is -1.10. The second-order valence-electron chi connectivity index (χ2n) is 5.98. The molecule has 0 aromatic rings. The number of carbonyl (C=O) groups is 2. The topological polar surface area (TPSA) is 66.8 Å². The van der Waals surface area contributed by atoms with Crippen molar-refractivity contribution >= 4 is 11.9 Å². The van der Waals surface area contributed by atoms with Crippen LogP contribution in [0.1, 0.15) is 38.5 Å². The van der Waals surface area contributed by atoms with Crippen LogP contribution in [0.5, 0.6) is 0 Å². The van der Waals surface area contributed by atoms with E-state index in [4.69, 9.17) is 9.84 Å². The van der Waals surface area contributed by atoms with Gasteiger partial charge in [0.2, 0.25) is 5.91 Å². The molecule has 0 aromatic carbocycles. The predicted octanol–water partition coefficient (Wildman–Crippen LogP) is 1.27. The minimum Gasteiger partial charge on any atom is -0.481 e. The predicted molar refractivity (Wildman–Crippen MR) is 67.6 cm³/mol. The van der Waals surface area contributed by atoms with Gasteiger partial charge in [-0.1, -0.05) is 0 Å². The molecular weight excluding hydrogens is 246 g/mol. The largest absolute Gasteiger partial charge is 0.481 e. The van der Waals surface area contributed by atoms with Crippen LogP contribution in [0, 0.1) is 11.8 Å². The molecule has 4 atom stereocenters. The summed E-state index contributed by atoms with van der Waals surface area (Å²) in [5.74, 6) is -0.991. The van der Waals surface area contributed by atoms with Gasteiger partial charge in [0.25, 0.3) is 0 Å². The number of ether oxygens (including phenoxy) is 1. The molecule has 5 nitrogen and oxygen atoms in total. The van der Waals surface area contributed by atoms with E-state index in [0.29, 0.717) is 26.0 Å². The Bertz CT molecular complexity index is 384. The van der Waals surface area contributed by atoms with Gasteiger partial charge in [0, 0.05) is 12.5 Å². The molecule has 1 saturated heterocycles. The first-order valence-corrected chi connectivity index (χ1v) is 7.31. The van der Waals surface area contributed by atoms with Crippen molar-refractivity contribution in [2.24, 2.45) is 11.8 Å². The number of hydrogen-bond donors (Lipinski definition) is 1. The zero-order valence-corrected chi connectivity index (χ0v) is 11.1. The summed E-state index contributed by atoms with van der Waals surface area (Å²) in [4.78, 5) is 25.6. The first-order chi connectivity index (χ1) is 9.16. The van der Waals surface area contributed by atoms with Gasteiger partial charge in [-0.15, -0.1) is 0 Å². The number of nitrogens with zero attached hydrogens (tertiary/aromatic N) is 1. The molecule has 0 radical (unpaired) electrons. The van der Waals surface area contributed by atoms with E-state index in [1.54, 1.807) is 0 Å². The number of amides is 1. The number of carboxylic acids is 1. The second-order valence-corrected chi connectivity index (χ2v) is 5.98. The van der Waals surface area contributed by atoms with Gasteiger partial charge in [0.1, 0.15) is 0 Å². The lowest BCUT2D eigenvalue weighted by Gasteiger charge is -2.39. The Morgan fingerprint density at radius 2 is 1.89 bits per heavy atom. The summed E-state index contributed by atoms with van der Waals surface area (Å²) < 4.78 is 5.72. The second kappa shape index (κ2) is 5.12. The Balaban J connectivity index is 1.65. The zero-order valence-electron chi connectivity index (χ0n) is 11.1. The Labute approximate surface area is 112 Å². The zero-order chi connectivity index (χ0) is 13.4. The summed E-state index contributed by atoms with van der Waals surface area (Å²) in [5, 5.41) is 9.03. The monoisotopic (exact) mass is 267 g/mol. The summed E-state index contributed by atoms with van der Waals surface area (Å²) in [6.45, 7) is 1.30. The van der Waals surface area contributed by atoms with Crippen molar-refractivity contribution in [1.29, 1.82) is 0 Å². The van der Waals surface area contributed by atoms with E-state index in [0.717, 1.165) is 25.7 Å². The number of carboxylic acid groups (broad SMARTS) is 1. The van der Waals surface area contributed by atoms with Crippen molar-refractivity contribution in [2.75, 3.05) is 13.2 Å². The molecule has 2 aliphatic carbocycles. The average Bonchev–Trinajstić information content (AvgIpc) is 3.06. The third-order valence-corrected chi connectivity index (χ3v) is 4.90. The molecular formula is C14H21NO4. The highest BCUT2D eigenvalue weighted by Crippen LogP contribution is 2.36. The van der Waals surface area contributed by atoms with Gasteiger partial charge in [-0.25, -0.2) is 0 Å². The summed E-state index contributed by atoms with van der Waals surface area (Å²) in [6.07, 6.45) is 5.32. The SMILES string of the molecule is O=C(O)C1CCC(C(=O)N2CCOC3CCCC32)C1. The molecule has 4 unspecified atom stereocenters. The molecule has 0 spiro atoms. The fourth-order valence-electron chi connectivity index (χ4n) is 3.86. The van der Waals surface area contributed by atoms with Crippen LogP contribution in [0.15, 0.2) is 0 Å². The third-order valence-electron chi connectivity index (χ3n) is 4.90. The van der Waals surface area contributed by atoms with Crippen LogP contribution in [0.25, 0.3) is 0 Å². The summed E-state index contributed by atoms with van der Waals surface area (Å²) in [5.41, 5.74) is 0. The van der Waals surface area contributed by atoms with Gasteiger partial charge >= 0.3 is 5.97 Å². The lowest BCUT2D eigenvalue weighted by Crippen LogP contribution is -2.52. The quantitative estimate of drug-likeness (QED) is 0.818. The third kappa shape index (κ3) is 2.36. The maximum atomic E-state index is 12.6. The van der Waals surface area contributed by atoms with E-state index in [9.17, 15) is 9.59 Å². The van der Waals surface area contributed by atoms with Crippen molar-refractivity contribution in [1.82, 2.24) is 4.90 Å². The van der Waals surface area contributed by atoms with E-state index in [-0.39, 0.29) is 29.9 Å². The maximum absolute atomic E-state index is 12.6. The fraction of sp³-hybridized carbons (Fsp3) is 0.857. The van der Waals surface area contributed by atoms with Gasteiger partial charge in [-0.2, -0.15) is 0 Å². The molecule has 2 saturated carbocycles. The summed E-state index contributed by atoms with van der Waals surface area (Å²) in [6, 6.07) is 0.241. The number of rotatable bonds is 2. The minimum absolute atomic E-state index is 0.0829. The molecule has 1 heterocycles. The van der Waals surface area contributed by atoms with Gasteiger partial charge in [-0.3, -0.25) is 9.59 Å². The van der Waals surface area contributed by atoms with Crippen LogP contribution >= 0.6 is 0 Å². The number of morpholine rings is 1. The molecule has 5 heteroatoms. The normalized spacial score (nSPS) is 38.2. The summed E-state index contributed by atoms with van der Waals surface area (Å²) >= 11 is 0. The van der Waals surface area contributed by atoms with Crippen LogP contribution in [-0.2, 0) is 14.3 Å². The molecule has 1 aliphatic heterocycles. The number of hydrogen-bond acceptors (Lipinski definition) is 3. The van der Waals surface area contributed by atoms with E-state index in [2.05, 4.69) is 0 Å². The van der Waals surface area contributed by atoms with E-state index < -0.39 is 5.97 Å². The van der Waals surface area contributed by atoms with E-state index in [1.165, 1.54) is 0 Å². The summed E-state index contributed by atoms with van der Waals surface area (Å²) in [7, 11) is 0. The highest BCUT2D eigenvalue weighted by atomic mass is 16.5. The van der Waals surface area contributed by atoms with Crippen molar-refractivity contribution in [3.63, 3.8) is 0 Å². The molecule has 3 rings (SSSR count). The molecule has 1 N–H and O–H groups in total. The first kappa shape index (κ1) is 12.9. The number of aliphatic carboxylic acids is 1. The Morgan fingerprint density at radius 3 is 2.63 bits per heavy atom. The molecule has 0 bridgehead atoms. The fourth-order valence-corrected chi connectivity index (χ4v) is 3.86. The van der Waals surface area contributed by atoms with Crippen molar-refractivity contribution in [3.8, 4) is 0 Å².